The van der Waals surface area contributed by atoms with Gasteiger partial charge in [-0.3, -0.25) is 9.10 Å². The molecule has 6 nitrogen and oxygen atoms in total. The van der Waals surface area contributed by atoms with Crippen molar-refractivity contribution in [2.75, 3.05) is 21.9 Å². The van der Waals surface area contributed by atoms with Crippen LogP contribution >= 0.6 is 0 Å². The van der Waals surface area contributed by atoms with Crippen LogP contribution in [-0.2, 0) is 10.0 Å². The van der Waals surface area contributed by atoms with Gasteiger partial charge in [0.25, 0.3) is 5.91 Å². The molecule has 0 atom stereocenters. The van der Waals surface area contributed by atoms with E-state index in [2.05, 4.69) is 5.32 Å². The van der Waals surface area contributed by atoms with Crippen molar-refractivity contribution in [2.24, 2.45) is 0 Å². The van der Waals surface area contributed by atoms with Crippen LogP contribution in [0.4, 0.5) is 11.4 Å². The molecule has 0 unspecified atom stereocenters. The number of carbonyl (C=O) groups excluding carboxylic acids is 1. The predicted octanol–water partition coefficient (Wildman–Crippen LogP) is 2.83. The first kappa shape index (κ1) is 14.8. The Morgan fingerprint density at radius 1 is 1.08 bits per heavy atom. The molecule has 1 aliphatic rings. The first-order chi connectivity index (χ1) is 11.5. The minimum absolute atomic E-state index is 0.172. The molecule has 4 rings (SSSR count). The van der Waals surface area contributed by atoms with E-state index in [0.717, 1.165) is 11.0 Å². The zero-order valence-electron chi connectivity index (χ0n) is 12.6. The predicted molar refractivity (Wildman–Crippen MR) is 91.7 cm³/mol. The summed E-state index contributed by atoms with van der Waals surface area (Å²) in [5.41, 5.74) is 2.47. The minimum Gasteiger partial charge on any atom is -0.464 e. The SMILES string of the molecule is O=C(Nc1ccc2occc2c1)c1ccc(N2CCS2(=O)=O)cc1. The van der Waals surface area contributed by atoms with E-state index in [4.69, 9.17) is 4.42 Å². The number of sulfonamides is 1. The number of amides is 1. The Bertz CT molecular complexity index is 1020. The van der Waals surface area contributed by atoms with Crippen LogP contribution in [0.15, 0.2) is 59.2 Å². The van der Waals surface area contributed by atoms with E-state index >= 15 is 0 Å². The zero-order valence-corrected chi connectivity index (χ0v) is 13.4. The van der Waals surface area contributed by atoms with Crippen molar-refractivity contribution in [2.45, 2.75) is 0 Å². The Balaban J connectivity index is 1.51. The van der Waals surface area contributed by atoms with E-state index in [0.29, 0.717) is 23.5 Å². The highest BCUT2D eigenvalue weighted by Gasteiger charge is 2.32. The molecule has 0 radical (unpaired) electrons. The highest BCUT2D eigenvalue weighted by molar-refractivity contribution is 7.94. The second-order valence-electron chi connectivity index (χ2n) is 5.56. The molecule has 0 aliphatic carbocycles. The third-order valence-corrected chi connectivity index (χ3v) is 5.78. The largest absolute Gasteiger partial charge is 0.464 e. The van der Waals surface area contributed by atoms with Crippen molar-refractivity contribution in [3.05, 3.63) is 60.4 Å². The number of carbonyl (C=O) groups is 1. The molecule has 1 N–H and O–H groups in total. The summed E-state index contributed by atoms with van der Waals surface area (Å²) in [6, 6.07) is 13.7. The summed E-state index contributed by atoms with van der Waals surface area (Å²) < 4.78 is 29.8. The summed E-state index contributed by atoms with van der Waals surface area (Å²) in [6.07, 6.45) is 1.60. The zero-order chi connectivity index (χ0) is 16.7. The fourth-order valence-electron chi connectivity index (χ4n) is 2.65. The molecule has 3 aromatic rings. The summed E-state index contributed by atoms with van der Waals surface area (Å²) in [5, 5.41) is 3.73. The number of anilines is 2. The number of furan rings is 1. The number of hydrogen-bond donors (Lipinski definition) is 1. The van der Waals surface area contributed by atoms with Gasteiger partial charge in [-0.1, -0.05) is 0 Å². The summed E-state index contributed by atoms with van der Waals surface area (Å²) in [6.45, 7) is 0.485. The van der Waals surface area contributed by atoms with Gasteiger partial charge in [-0.15, -0.1) is 0 Å². The quantitative estimate of drug-likeness (QED) is 0.794. The van der Waals surface area contributed by atoms with Crippen molar-refractivity contribution in [1.29, 1.82) is 0 Å². The molecule has 1 fully saturated rings. The minimum atomic E-state index is -3.15. The average molecular weight is 342 g/mol. The molecule has 2 heterocycles. The maximum absolute atomic E-state index is 12.3. The summed E-state index contributed by atoms with van der Waals surface area (Å²) in [4.78, 5) is 12.3. The lowest BCUT2D eigenvalue weighted by Crippen LogP contribution is -2.47. The summed E-state index contributed by atoms with van der Waals surface area (Å²) in [5.74, 6) is -0.0815. The van der Waals surface area contributed by atoms with Crippen LogP contribution in [0, 0.1) is 0 Å². The van der Waals surface area contributed by atoms with E-state index in [9.17, 15) is 13.2 Å². The Morgan fingerprint density at radius 3 is 2.54 bits per heavy atom. The summed E-state index contributed by atoms with van der Waals surface area (Å²) in [7, 11) is -3.15. The van der Waals surface area contributed by atoms with E-state index in [1.165, 1.54) is 4.31 Å². The Kier molecular flexibility index (Phi) is 3.31. The van der Waals surface area contributed by atoms with Gasteiger partial charge in [0, 0.05) is 23.2 Å². The van der Waals surface area contributed by atoms with Gasteiger partial charge in [-0.05, 0) is 48.5 Å². The van der Waals surface area contributed by atoms with Crippen LogP contribution < -0.4 is 9.62 Å². The van der Waals surface area contributed by atoms with Crippen molar-refractivity contribution < 1.29 is 17.6 Å². The van der Waals surface area contributed by atoms with Gasteiger partial charge >= 0.3 is 0 Å². The summed E-state index contributed by atoms with van der Waals surface area (Å²) >= 11 is 0. The first-order valence-electron chi connectivity index (χ1n) is 7.42. The lowest BCUT2D eigenvalue weighted by molar-refractivity contribution is 0.102. The highest BCUT2D eigenvalue weighted by Crippen LogP contribution is 2.25. The van der Waals surface area contributed by atoms with Gasteiger partial charge < -0.3 is 9.73 Å². The van der Waals surface area contributed by atoms with Crippen LogP contribution in [0.2, 0.25) is 0 Å². The maximum atomic E-state index is 12.3. The van der Waals surface area contributed by atoms with Crippen molar-refractivity contribution in [1.82, 2.24) is 0 Å². The normalized spacial score (nSPS) is 15.9. The Hall–Kier alpha value is -2.80. The lowest BCUT2D eigenvalue weighted by atomic mass is 10.1. The van der Waals surface area contributed by atoms with E-state index in [1.807, 2.05) is 12.1 Å². The van der Waals surface area contributed by atoms with E-state index in [1.54, 1.807) is 42.7 Å². The van der Waals surface area contributed by atoms with Gasteiger partial charge in [-0.25, -0.2) is 8.42 Å². The number of rotatable bonds is 3. The highest BCUT2D eigenvalue weighted by atomic mass is 32.2. The maximum Gasteiger partial charge on any atom is 0.255 e. The number of hydrogen-bond acceptors (Lipinski definition) is 4. The van der Waals surface area contributed by atoms with Gasteiger partial charge in [0.05, 0.1) is 17.7 Å². The molecule has 0 spiro atoms. The van der Waals surface area contributed by atoms with Crippen molar-refractivity contribution in [3.8, 4) is 0 Å². The van der Waals surface area contributed by atoms with Crippen LogP contribution in [-0.4, -0.2) is 26.6 Å². The van der Waals surface area contributed by atoms with E-state index < -0.39 is 10.0 Å². The van der Waals surface area contributed by atoms with Crippen LogP contribution in [0.1, 0.15) is 10.4 Å². The molecular weight excluding hydrogens is 328 g/mol. The smallest absolute Gasteiger partial charge is 0.255 e. The number of nitrogens with one attached hydrogen (secondary N) is 1. The number of nitrogens with zero attached hydrogens (tertiary/aromatic N) is 1. The second-order valence-corrected chi connectivity index (χ2v) is 7.58. The molecule has 1 amide bonds. The standard InChI is InChI=1S/C17H14N2O4S/c20-17(18-14-3-6-16-13(11-14)7-9-23-16)12-1-4-15(5-2-12)19-8-10-24(19,21)22/h1-7,9,11H,8,10H2,(H,18,20). The van der Waals surface area contributed by atoms with E-state index in [-0.39, 0.29) is 11.7 Å². The topological polar surface area (TPSA) is 79.6 Å². The van der Waals surface area contributed by atoms with Gasteiger partial charge in [0.1, 0.15) is 5.58 Å². The molecule has 0 saturated carbocycles. The molecule has 1 aliphatic heterocycles. The molecular formula is C17H14N2O4S. The molecule has 0 bridgehead atoms. The Labute approximate surface area is 138 Å². The van der Waals surface area contributed by atoms with Gasteiger partial charge in [0.15, 0.2) is 0 Å². The fraction of sp³-hybridized carbons (Fsp3) is 0.118. The molecule has 122 valence electrons. The van der Waals surface area contributed by atoms with Crippen molar-refractivity contribution >= 4 is 38.3 Å². The molecule has 24 heavy (non-hydrogen) atoms. The first-order valence-corrected chi connectivity index (χ1v) is 9.03. The third-order valence-electron chi connectivity index (χ3n) is 4.02. The van der Waals surface area contributed by atoms with Crippen LogP contribution in [0.5, 0.6) is 0 Å². The molecule has 7 heteroatoms. The Morgan fingerprint density at radius 2 is 1.88 bits per heavy atom. The fourth-order valence-corrected chi connectivity index (χ4v) is 3.75. The average Bonchev–Trinajstić information content (AvgIpc) is 3.02. The molecule has 1 saturated heterocycles. The monoisotopic (exact) mass is 342 g/mol. The van der Waals surface area contributed by atoms with Crippen LogP contribution in [0.3, 0.4) is 0 Å². The second kappa shape index (κ2) is 5.38. The lowest BCUT2D eigenvalue weighted by Gasteiger charge is -2.32. The molecule has 1 aromatic heterocycles. The van der Waals surface area contributed by atoms with Gasteiger partial charge in [0.2, 0.25) is 10.0 Å². The van der Waals surface area contributed by atoms with Crippen LogP contribution in [0.25, 0.3) is 11.0 Å². The van der Waals surface area contributed by atoms with Gasteiger partial charge in [-0.2, -0.15) is 0 Å². The third kappa shape index (κ3) is 2.52. The van der Waals surface area contributed by atoms with Crippen molar-refractivity contribution in [3.63, 3.8) is 0 Å². The number of fused-ring (bicyclic) bond motifs is 1. The number of benzene rings is 2. The molecule has 2 aromatic carbocycles.